The fourth-order valence-corrected chi connectivity index (χ4v) is 5.57. The molecule has 1 amide bonds. The highest BCUT2D eigenvalue weighted by molar-refractivity contribution is 5.80. The molecule has 10 nitrogen and oxygen atoms in total. The zero-order valence-corrected chi connectivity index (χ0v) is 22.2. The van der Waals surface area contributed by atoms with Gasteiger partial charge in [0.1, 0.15) is 24.0 Å². The summed E-state index contributed by atoms with van der Waals surface area (Å²) >= 11 is 0. The summed E-state index contributed by atoms with van der Waals surface area (Å²) in [7, 11) is 1.85. The van der Waals surface area contributed by atoms with E-state index in [4.69, 9.17) is 4.74 Å². The Morgan fingerprint density at radius 3 is 2.87 bits per heavy atom. The average molecular weight is 521 g/mol. The number of rotatable bonds is 5. The summed E-state index contributed by atoms with van der Waals surface area (Å²) in [6.45, 7) is 8.95. The first-order valence-electron chi connectivity index (χ1n) is 12.9. The summed E-state index contributed by atoms with van der Waals surface area (Å²) in [5, 5.41) is 16.9. The standard InChI is InChI=1S/C27H33FN8O2/c1-5-19-10-25(36-17-31-32-33(36)4)30-13-20(19)11-26(37)34-8-9-35-14-24(38-16-27(35,3)15-34)21-6-7-23(28)22(12-29)18(21)2/h6-7,10,13,17,24,32H,5,8-9,11,14-16H2,1-4H3/t24-,27?/m0/s1. The number of carbonyl (C=O) groups excluding carboxylic acids is 1. The molecule has 200 valence electrons. The van der Waals surface area contributed by atoms with E-state index in [-0.39, 0.29) is 23.1 Å². The van der Waals surface area contributed by atoms with Crippen molar-refractivity contribution < 1.29 is 13.9 Å². The maximum atomic E-state index is 14.0. The predicted octanol–water partition coefficient (Wildman–Crippen LogP) is 2.29. The van der Waals surface area contributed by atoms with Gasteiger partial charge in [-0.3, -0.25) is 9.69 Å². The van der Waals surface area contributed by atoms with Gasteiger partial charge in [0.05, 0.1) is 30.2 Å². The average Bonchev–Trinajstić information content (AvgIpc) is 3.34. The normalized spacial score (nSPS) is 23.7. The van der Waals surface area contributed by atoms with Crippen molar-refractivity contribution in [2.45, 2.75) is 45.3 Å². The SMILES string of the molecule is CCc1cc(N2C=NNN2C)ncc1CC(=O)N1CCN2C[C@@H](c3ccc(F)c(C#N)c3C)OCC2(C)C1. The summed E-state index contributed by atoms with van der Waals surface area (Å²) < 4.78 is 20.3. The Morgan fingerprint density at radius 1 is 1.34 bits per heavy atom. The summed E-state index contributed by atoms with van der Waals surface area (Å²) in [6.07, 6.45) is 4.29. The third kappa shape index (κ3) is 4.71. The van der Waals surface area contributed by atoms with Crippen LogP contribution in [0.15, 0.2) is 29.5 Å². The number of hydrogen-bond acceptors (Lipinski definition) is 9. The molecule has 0 saturated carbocycles. The van der Waals surface area contributed by atoms with Crippen LogP contribution in [0.1, 0.15) is 47.8 Å². The maximum absolute atomic E-state index is 14.0. The number of ether oxygens (including phenoxy) is 1. The van der Waals surface area contributed by atoms with Crippen molar-refractivity contribution >= 4 is 18.1 Å². The van der Waals surface area contributed by atoms with Crippen LogP contribution in [0.5, 0.6) is 0 Å². The first kappa shape index (κ1) is 26.0. The van der Waals surface area contributed by atoms with Gasteiger partial charge in [0.2, 0.25) is 5.91 Å². The highest BCUT2D eigenvalue weighted by Gasteiger charge is 2.44. The molecule has 2 saturated heterocycles. The van der Waals surface area contributed by atoms with Crippen LogP contribution in [0.4, 0.5) is 10.2 Å². The van der Waals surface area contributed by atoms with Crippen molar-refractivity contribution in [1.82, 2.24) is 25.4 Å². The molecule has 3 aliphatic heterocycles. The summed E-state index contributed by atoms with van der Waals surface area (Å²) in [4.78, 5) is 22.3. The van der Waals surface area contributed by atoms with Crippen molar-refractivity contribution in [3.8, 4) is 6.07 Å². The minimum atomic E-state index is -0.508. The van der Waals surface area contributed by atoms with E-state index in [2.05, 4.69) is 34.4 Å². The number of nitrogens with zero attached hydrogens (tertiary/aromatic N) is 7. The van der Waals surface area contributed by atoms with Crippen molar-refractivity contribution in [1.29, 1.82) is 5.26 Å². The summed E-state index contributed by atoms with van der Waals surface area (Å²) in [6, 6.07) is 7.03. The number of aryl methyl sites for hydroxylation is 1. The Bertz CT molecular complexity index is 1310. The Kier molecular flexibility index (Phi) is 7.05. The molecule has 3 aliphatic rings. The third-order valence-corrected chi connectivity index (χ3v) is 7.90. The monoisotopic (exact) mass is 520 g/mol. The number of aromatic nitrogens is 1. The molecule has 1 unspecified atom stereocenters. The fourth-order valence-electron chi connectivity index (χ4n) is 5.57. The van der Waals surface area contributed by atoms with Crippen LogP contribution in [0.25, 0.3) is 0 Å². The van der Waals surface area contributed by atoms with Crippen LogP contribution in [-0.2, 0) is 22.4 Å². The zero-order chi connectivity index (χ0) is 27.0. The largest absolute Gasteiger partial charge is 0.370 e. The quantitative estimate of drug-likeness (QED) is 0.641. The van der Waals surface area contributed by atoms with Gasteiger partial charge in [-0.05, 0) is 54.7 Å². The number of morpholine rings is 1. The topological polar surface area (TPSA) is 100 Å². The van der Waals surface area contributed by atoms with Crippen LogP contribution in [0, 0.1) is 24.1 Å². The summed E-state index contributed by atoms with van der Waals surface area (Å²) in [5.41, 5.74) is 6.06. The van der Waals surface area contributed by atoms with Gasteiger partial charge in [-0.15, -0.1) is 5.12 Å². The van der Waals surface area contributed by atoms with E-state index < -0.39 is 5.82 Å². The number of nitriles is 1. The molecule has 4 heterocycles. The van der Waals surface area contributed by atoms with E-state index in [0.29, 0.717) is 38.2 Å². The third-order valence-electron chi connectivity index (χ3n) is 7.90. The summed E-state index contributed by atoms with van der Waals surface area (Å²) in [5.74, 6) is 0.307. The smallest absolute Gasteiger partial charge is 0.227 e. The Hall–Kier alpha value is -3.59. The molecule has 1 aromatic carbocycles. The molecule has 2 aromatic rings. The van der Waals surface area contributed by atoms with E-state index in [1.807, 2.05) is 24.1 Å². The number of fused-ring (bicyclic) bond motifs is 1. The van der Waals surface area contributed by atoms with Crippen LogP contribution in [0.3, 0.4) is 0 Å². The molecular formula is C27H33FN8O2. The van der Waals surface area contributed by atoms with Gasteiger partial charge in [-0.25, -0.2) is 19.9 Å². The lowest BCUT2D eigenvalue weighted by molar-refractivity contribution is -0.153. The van der Waals surface area contributed by atoms with Crippen molar-refractivity contribution in [3.63, 3.8) is 0 Å². The molecule has 0 bridgehead atoms. The van der Waals surface area contributed by atoms with Crippen molar-refractivity contribution in [2.75, 3.05) is 44.8 Å². The molecule has 1 aromatic heterocycles. The number of anilines is 1. The number of pyridine rings is 1. The second kappa shape index (κ2) is 10.3. The number of hydrazone groups is 1. The van der Waals surface area contributed by atoms with Gasteiger partial charge >= 0.3 is 0 Å². The number of carbonyl (C=O) groups is 1. The van der Waals surface area contributed by atoms with Gasteiger partial charge in [0.15, 0.2) is 0 Å². The van der Waals surface area contributed by atoms with Gasteiger partial charge in [-0.1, -0.05) is 13.0 Å². The van der Waals surface area contributed by atoms with Gasteiger partial charge in [0.25, 0.3) is 0 Å². The molecule has 2 atom stereocenters. The van der Waals surface area contributed by atoms with E-state index in [1.54, 1.807) is 35.7 Å². The number of piperazine rings is 1. The van der Waals surface area contributed by atoms with E-state index >= 15 is 0 Å². The fraction of sp³-hybridized carbons (Fsp3) is 0.481. The van der Waals surface area contributed by atoms with E-state index in [0.717, 1.165) is 35.5 Å². The lowest BCUT2D eigenvalue weighted by atomic mass is 9.91. The second-order valence-corrected chi connectivity index (χ2v) is 10.4. The minimum absolute atomic E-state index is 0.0704. The predicted molar refractivity (Wildman–Crippen MR) is 140 cm³/mol. The highest BCUT2D eigenvalue weighted by atomic mass is 19.1. The molecule has 2 fully saturated rings. The van der Waals surface area contributed by atoms with Crippen LogP contribution in [-0.4, -0.2) is 77.5 Å². The Labute approximate surface area is 222 Å². The highest BCUT2D eigenvalue weighted by Crippen LogP contribution is 2.35. The van der Waals surface area contributed by atoms with Crippen molar-refractivity contribution in [3.05, 3.63) is 58.0 Å². The first-order chi connectivity index (χ1) is 18.2. The minimum Gasteiger partial charge on any atom is -0.370 e. The molecule has 1 N–H and O–H groups in total. The van der Waals surface area contributed by atoms with E-state index in [9.17, 15) is 14.4 Å². The number of hydrogen-bond donors (Lipinski definition) is 1. The molecule has 11 heteroatoms. The first-order valence-corrected chi connectivity index (χ1v) is 12.9. The number of halogens is 1. The number of nitrogens with one attached hydrogen (secondary N) is 1. The molecule has 38 heavy (non-hydrogen) atoms. The number of amides is 1. The van der Waals surface area contributed by atoms with E-state index in [1.165, 1.54) is 6.07 Å². The molecule has 0 radical (unpaired) electrons. The second-order valence-electron chi connectivity index (χ2n) is 10.4. The Morgan fingerprint density at radius 2 is 2.16 bits per heavy atom. The number of benzene rings is 1. The van der Waals surface area contributed by atoms with Gasteiger partial charge in [0, 0.05) is 39.4 Å². The lowest BCUT2D eigenvalue weighted by Gasteiger charge is -2.53. The van der Waals surface area contributed by atoms with Crippen LogP contribution < -0.4 is 10.5 Å². The van der Waals surface area contributed by atoms with Crippen LogP contribution >= 0.6 is 0 Å². The van der Waals surface area contributed by atoms with Gasteiger partial charge < -0.3 is 9.64 Å². The van der Waals surface area contributed by atoms with Crippen LogP contribution in [0.2, 0.25) is 0 Å². The Balaban J connectivity index is 1.25. The molecule has 0 aliphatic carbocycles. The van der Waals surface area contributed by atoms with Gasteiger partial charge in [-0.2, -0.15) is 10.4 Å². The lowest BCUT2D eigenvalue weighted by Crippen LogP contribution is -2.66. The molecular weight excluding hydrogens is 487 g/mol. The maximum Gasteiger partial charge on any atom is 0.227 e. The molecule has 0 spiro atoms. The van der Waals surface area contributed by atoms with Crippen molar-refractivity contribution in [2.24, 2.45) is 5.10 Å². The molecule has 5 rings (SSSR count). The zero-order valence-electron chi connectivity index (χ0n) is 22.2. The number of hydrazine groups is 2.